The van der Waals surface area contributed by atoms with Gasteiger partial charge in [-0.3, -0.25) is 9.89 Å². The third-order valence-corrected chi connectivity index (χ3v) is 5.07. The van der Waals surface area contributed by atoms with Gasteiger partial charge in [-0.15, -0.1) is 0 Å². The minimum atomic E-state index is -0.0780. The molecule has 0 saturated heterocycles. The number of amides is 1. The van der Waals surface area contributed by atoms with Crippen LogP contribution in [-0.2, 0) is 17.6 Å². The second kappa shape index (κ2) is 8.19. The number of aryl methyl sites for hydroxylation is 2. The Labute approximate surface area is 170 Å². The van der Waals surface area contributed by atoms with Gasteiger partial charge in [0.25, 0.3) is 0 Å². The van der Waals surface area contributed by atoms with Gasteiger partial charge >= 0.3 is 0 Å². The summed E-state index contributed by atoms with van der Waals surface area (Å²) in [7, 11) is 2.01. The van der Waals surface area contributed by atoms with E-state index in [0.29, 0.717) is 0 Å². The lowest BCUT2D eigenvalue weighted by atomic mass is 10.1. The van der Waals surface area contributed by atoms with Gasteiger partial charge in [0.15, 0.2) is 0 Å². The highest BCUT2D eigenvalue weighted by atomic mass is 16.1. The number of aromatic amines is 1. The standard InChI is InChI=1S/C24H24N4O/c1-17(29)25-19-9-6-10-20(15-19)28(2)21-12-13-22-23(26-27-24(22)16-21)14-11-18-7-4-3-5-8-18/h3-10,12-13,15-16H,11,14H2,1-2H3,(H,25,29)(H,26,27). The molecule has 5 nitrogen and oxygen atoms in total. The smallest absolute Gasteiger partial charge is 0.221 e. The van der Waals surface area contributed by atoms with E-state index in [4.69, 9.17) is 0 Å². The molecule has 0 aliphatic heterocycles. The summed E-state index contributed by atoms with van der Waals surface area (Å²) in [5, 5.41) is 11.7. The summed E-state index contributed by atoms with van der Waals surface area (Å²) in [6.45, 7) is 1.51. The summed E-state index contributed by atoms with van der Waals surface area (Å²) in [4.78, 5) is 13.4. The van der Waals surface area contributed by atoms with Crippen LogP contribution in [-0.4, -0.2) is 23.2 Å². The van der Waals surface area contributed by atoms with Crippen molar-refractivity contribution >= 4 is 33.9 Å². The number of carbonyl (C=O) groups excluding carboxylic acids is 1. The molecule has 1 amide bonds. The molecule has 0 saturated carbocycles. The molecule has 2 N–H and O–H groups in total. The van der Waals surface area contributed by atoms with Crippen LogP contribution in [0.1, 0.15) is 18.2 Å². The van der Waals surface area contributed by atoms with Crippen LogP contribution in [0.15, 0.2) is 72.8 Å². The van der Waals surface area contributed by atoms with Gasteiger partial charge in [0, 0.05) is 42.1 Å². The van der Waals surface area contributed by atoms with E-state index in [1.165, 1.54) is 12.5 Å². The number of hydrogen-bond acceptors (Lipinski definition) is 3. The molecular weight excluding hydrogens is 360 g/mol. The largest absolute Gasteiger partial charge is 0.344 e. The van der Waals surface area contributed by atoms with Crippen molar-refractivity contribution in [3.63, 3.8) is 0 Å². The van der Waals surface area contributed by atoms with Gasteiger partial charge in [0.05, 0.1) is 5.52 Å². The van der Waals surface area contributed by atoms with Crippen LogP contribution < -0.4 is 10.2 Å². The zero-order chi connectivity index (χ0) is 20.2. The normalized spacial score (nSPS) is 10.8. The molecular formula is C24H24N4O. The topological polar surface area (TPSA) is 61.0 Å². The first-order valence-electron chi connectivity index (χ1n) is 9.72. The Morgan fingerprint density at radius 1 is 0.966 bits per heavy atom. The van der Waals surface area contributed by atoms with Crippen LogP contribution >= 0.6 is 0 Å². The van der Waals surface area contributed by atoms with E-state index in [9.17, 15) is 4.79 Å². The first kappa shape index (κ1) is 18.7. The Kier molecular flexibility index (Phi) is 5.29. The van der Waals surface area contributed by atoms with Gasteiger partial charge in [0.1, 0.15) is 0 Å². The Balaban J connectivity index is 1.54. The quantitative estimate of drug-likeness (QED) is 0.488. The number of fused-ring (bicyclic) bond motifs is 1. The lowest BCUT2D eigenvalue weighted by molar-refractivity contribution is -0.114. The van der Waals surface area contributed by atoms with E-state index >= 15 is 0 Å². The molecule has 0 spiro atoms. The Bertz CT molecular complexity index is 1130. The summed E-state index contributed by atoms with van der Waals surface area (Å²) < 4.78 is 0. The summed E-state index contributed by atoms with van der Waals surface area (Å²) in [5.41, 5.74) is 6.26. The fourth-order valence-corrected chi connectivity index (χ4v) is 3.51. The number of nitrogens with zero attached hydrogens (tertiary/aromatic N) is 2. The highest BCUT2D eigenvalue weighted by Crippen LogP contribution is 2.29. The maximum atomic E-state index is 11.3. The van der Waals surface area contributed by atoms with Crippen molar-refractivity contribution in [3.05, 3.63) is 84.1 Å². The molecule has 29 heavy (non-hydrogen) atoms. The summed E-state index contributed by atoms with van der Waals surface area (Å²) in [6, 6.07) is 24.6. The molecule has 0 atom stereocenters. The number of carbonyl (C=O) groups is 1. The van der Waals surface area contributed by atoms with Crippen molar-refractivity contribution in [2.45, 2.75) is 19.8 Å². The predicted molar refractivity (Wildman–Crippen MR) is 119 cm³/mol. The second-order valence-electron chi connectivity index (χ2n) is 7.18. The highest BCUT2D eigenvalue weighted by Gasteiger charge is 2.10. The van der Waals surface area contributed by atoms with Crippen LogP contribution in [0.3, 0.4) is 0 Å². The molecule has 0 fully saturated rings. The summed E-state index contributed by atoms with van der Waals surface area (Å²) in [6.07, 6.45) is 1.91. The summed E-state index contributed by atoms with van der Waals surface area (Å²) in [5.74, 6) is -0.0780. The highest BCUT2D eigenvalue weighted by molar-refractivity contribution is 5.90. The molecule has 4 aromatic rings. The van der Waals surface area contributed by atoms with E-state index in [-0.39, 0.29) is 5.91 Å². The zero-order valence-corrected chi connectivity index (χ0v) is 16.6. The van der Waals surface area contributed by atoms with Crippen LogP contribution in [0.2, 0.25) is 0 Å². The number of anilines is 3. The van der Waals surface area contributed by atoms with E-state index in [1.807, 2.05) is 37.4 Å². The number of benzene rings is 3. The van der Waals surface area contributed by atoms with E-state index in [0.717, 1.165) is 46.5 Å². The third kappa shape index (κ3) is 4.29. The average Bonchev–Trinajstić information content (AvgIpc) is 3.14. The van der Waals surface area contributed by atoms with E-state index in [2.05, 4.69) is 62.9 Å². The Hall–Kier alpha value is -3.60. The molecule has 3 aromatic carbocycles. The van der Waals surface area contributed by atoms with Gasteiger partial charge in [-0.25, -0.2) is 0 Å². The number of nitrogens with one attached hydrogen (secondary N) is 2. The Morgan fingerprint density at radius 3 is 2.55 bits per heavy atom. The number of aromatic nitrogens is 2. The third-order valence-electron chi connectivity index (χ3n) is 5.07. The molecule has 0 aliphatic carbocycles. The SMILES string of the molecule is CC(=O)Nc1cccc(N(C)c2ccc3c(CCc4ccccc4)[nH]nc3c2)c1. The lowest BCUT2D eigenvalue weighted by Gasteiger charge is -2.20. The maximum Gasteiger partial charge on any atom is 0.221 e. The van der Waals surface area contributed by atoms with Crippen LogP contribution in [0.25, 0.3) is 10.9 Å². The van der Waals surface area contributed by atoms with Crippen molar-refractivity contribution < 1.29 is 4.79 Å². The van der Waals surface area contributed by atoms with Crippen molar-refractivity contribution in [3.8, 4) is 0 Å². The Morgan fingerprint density at radius 2 is 1.76 bits per heavy atom. The molecule has 1 heterocycles. The molecule has 5 heteroatoms. The van der Waals surface area contributed by atoms with Crippen LogP contribution in [0.5, 0.6) is 0 Å². The van der Waals surface area contributed by atoms with E-state index in [1.54, 1.807) is 0 Å². The van der Waals surface area contributed by atoms with Gasteiger partial charge in [-0.05, 0) is 54.8 Å². The zero-order valence-electron chi connectivity index (χ0n) is 16.6. The first-order valence-corrected chi connectivity index (χ1v) is 9.72. The molecule has 0 unspecified atom stereocenters. The maximum absolute atomic E-state index is 11.3. The van der Waals surface area contributed by atoms with Crippen molar-refractivity contribution in [1.82, 2.24) is 10.2 Å². The first-order chi connectivity index (χ1) is 14.1. The monoisotopic (exact) mass is 384 g/mol. The van der Waals surface area contributed by atoms with E-state index < -0.39 is 0 Å². The molecule has 146 valence electrons. The molecule has 0 bridgehead atoms. The minimum absolute atomic E-state index is 0.0780. The fourth-order valence-electron chi connectivity index (χ4n) is 3.51. The summed E-state index contributed by atoms with van der Waals surface area (Å²) >= 11 is 0. The minimum Gasteiger partial charge on any atom is -0.344 e. The van der Waals surface area contributed by atoms with Crippen LogP contribution in [0, 0.1) is 0 Å². The molecule has 1 aromatic heterocycles. The number of rotatable bonds is 6. The van der Waals surface area contributed by atoms with Crippen LogP contribution in [0.4, 0.5) is 17.1 Å². The molecule has 0 radical (unpaired) electrons. The number of hydrogen-bond donors (Lipinski definition) is 2. The predicted octanol–water partition coefficient (Wildman–Crippen LogP) is 5.07. The van der Waals surface area contributed by atoms with Gasteiger partial charge < -0.3 is 10.2 Å². The fraction of sp³-hybridized carbons (Fsp3) is 0.167. The average molecular weight is 384 g/mol. The van der Waals surface area contributed by atoms with Gasteiger partial charge in [-0.2, -0.15) is 5.10 Å². The van der Waals surface area contributed by atoms with Crippen molar-refractivity contribution in [1.29, 1.82) is 0 Å². The molecule has 4 rings (SSSR count). The van der Waals surface area contributed by atoms with Gasteiger partial charge in [-0.1, -0.05) is 36.4 Å². The second-order valence-corrected chi connectivity index (χ2v) is 7.18. The van der Waals surface area contributed by atoms with Crippen molar-refractivity contribution in [2.24, 2.45) is 0 Å². The molecule has 0 aliphatic rings. The number of H-pyrrole nitrogens is 1. The van der Waals surface area contributed by atoms with Crippen molar-refractivity contribution in [2.75, 3.05) is 17.3 Å². The lowest BCUT2D eigenvalue weighted by Crippen LogP contribution is -2.11. The van der Waals surface area contributed by atoms with Gasteiger partial charge in [0.2, 0.25) is 5.91 Å².